The van der Waals surface area contributed by atoms with Gasteiger partial charge in [-0.05, 0) is 29.3 Å². The van der Waals surface area contributed by atoms with Crippen molar-refractivity contribution in [1.29, 1.82) is 0 Å². The van der Waals surface area contributed by atoms with Crippen LogP contribution in [-0.2, 0) is 23.1 Å². The van der Waals surface area contributed by atoms with Crippen molar-refractivity contribution >= 4 is 22.7 Å². The van der Waals surface area contributed by atoms with E-state index in [9.17, 15) is 9.59 Å². The van der Waals surface area contributed by atoms with Crippen LogP contribution in [0.25, 0.3) is 10.9 Å². The Labute approximate surface area is 204 Å². The lowest BCUT2D eigenvalue weighted by atomic mass is 9.79. The van der Waals surface area contributed by atoms with Crippen molar-refractivity contribution in [3.8, 4) is 0 Å². The van der Waals surface area contributed by atoms with E-state index in [1.54, 1.807) is 30.5 Å². The van der Waals surface area contributed by atoms with Gasteiger partial charge in [-0.2, -0.15) is 0 Å². The lowest BCUT2D eigenvalue weighted by Gasteiger charge is -2.41. The summed E-state index contributed by atoms with van der Waals surface area (Å²) in [6.07, 6.45) is 5.49. The molecule has 0 spiro atoms. The van der Waals surface area contributed by atoms with Gasteiger partial charge in [-0.25, -0.2) is 0 Å². The van der Waals surface area contributed by atoms with Gasteiger partial charge in [0.15, 0.2) is 0 Å². The normalized spacial score (nSPS) is 17.4. The van der Waals surface area contributed by atoms with Crippen molar-refractivity contribution < 1.29 is 14.3 Å². The molecule has 35 heavy (non-hydrogen) atoms. The monoisotopic (exact) mass is 468 g/mol. The third-order valence-corrected chi connectivity index (χ3v) is 6.69. The number of pyridine rings is 1. The zero-order chi connectivity index (χ0) is 24.4. The minimum atomic E-state index is -0.580. The summed E-state index contributed by atoms with van der Waals surface area (Å²) < 4.78 is 7.40. The topological polar surface area (TPSA) is 76.5 Å². The molecule has 1 N–H and O–H groups in total. The number of nitrogens with one attached hydrogen (secondary N) is 1. The second-order valence-corrected chi connectivity index (χ2v) is 8.79. The number of methoxy groups -OCH3 is 1. The van der Waals surface area contributed by atoms with Crippen LogP contribution in [0.2, 0.25) is 0 Å². The number of amides is 2. The number of benzene rings is 2. The number of rotatable bonds is 7. The molecule has 7 heteroatoms. The fourth-order valence-electron chi connectivity index (χ4n) is 5.07. The van der Waals surface area contributed by atoms with Crippen molar-refractivity contribution in [1.82, 2.24) is 19.8 Å². The summed E-state index contributed by atoms with van der Waals surface area (Å²) in [7, 11) is 3.61. The number of carbonyl (C=O) groups excluding carboxylic acids is 2. The van der Waals surface area contributed by atoms with E-state index in [0.29, 0.717) is 25.3 Å². The first-order chi connectivity index (χ1) is 17.1. The van der Waals surface area contributed by atoms with Crippen molar-refractivity contribution in [2.75, 3.05) is 20.3 Å². The maximum Gasteiger partial charge on any atom is 0.254 e. The zero-order valence-corrected chi connectivity index (χ0v) is 19.8. The number of ether oxygens (including phenoxy) is 1. The largest absolute Gasteiger partial charge is 0.383 e. The molecule has 0 saturated heterocycles. The Morgan fingerprint density at radius 3 is 2.66 bits per heavy atom. The van der Waals surface area contributed by atoms with Crippen LogP contribution >= 0.6 is 0 Å². The first-order valence-electron chi connectivity index (χ1n) is 11.7. The fourth-order valence-corrected chi connectivity index (χ4v) is 5.07. The molecule has 2 amide bonds. The molecule has 5 rings (SSSR count). The van der Waals surface area contributed by atoms with Crippen molar-refractivity contribution in [3.05, 3.63) is 102 Å². The molecule has 2 aromatic carbocycles. The number of carbonyl (C=O) groups is 2. The third-order valence-electron chi connectivity index (χ3n) is 6.69. The van der Waals surface area contributed by atoms with Crippen molar-refractivity contribution in [2.24, 2.45) is 7.05 Å². The molecule has 1 aliphatic heterocycles. The van der Waals surface area contributed by atoms with E-state index in [2.05, 4.69) is 27.0 Å². The maximum atomic E-state index is 13.9. The van der Waals surface area contributed by atoms with Crippen LogP contribution in [0, 0.1) is 0 Å². The fraction of sp³-hybridized carbons (Fsp3) is 0.250. The third kappa shape index (κ3) is 4.19. The minimum absolute atomic E-state index is 0.0908. The Bertz CT molecular complexity index is 1370. The maximum absolute atomic E-state index is 13.9. The summed E-state index contributed by atoms with van der Waals surface area (Å²) in [5.74, 6) is -0.802. The highest BCUT2D eigenvalue weighted by Gasteiger charge is 2.44. The lowest BCUT2D eigenvalue weighted by molar-refractivity contribution is -0.124. The SMILES string of the molecule is COCCN1C(=O)c2ccccc2C(C(=O)NCc2cccnc2)C1c1cn(C)c2ccccc12. The smallest absolute Gasteiger partial charge is 0.254 e. The second kappa shape index (κ2) is 9.72. The molecule has 3 heterocycles. The number of aromatic nitrogens is 2. The van der Waals surface area contributed by atoms with Crippen LogP contribution in [0.15, 0.2) is 79.3 Å². The van der Waals surface area contributed by atoms with Gasteiger partial charge in [-0.15, -0.1) is 0 Å². The molecule has 0 radical (unpaired) electrons. The average Bonchev–Trinajstić information content (AvgIpc) is 3.23. The van der Waals surface area contributed by atoms with Crippen LogP contribution in [0.4, 0.5) is 0 Å². The molecule has 1 aliphatic rings. The Balaban J connectivity index is 1.64. The van der Waals surface area contributed by atoms with Crippen LogP contribution in [0.3, 0.4) is 0 Å². The van der Waals surface area contributed by atoms with Gasteiger partial charge in [0.2, 0.25) is 5.91 Å². The highest BCUT2D eigenvalue weighted by atomic mass is 16.5. The second-order valence-electron chi connectivity index (χ2n) is 8.79. The average molecular weight is 469 g/mol. The molecule has 0 aliphatic carbocycles. The van der Waals surface area contributed by atoms with Gasteiger partial charge >= 0.3 is 0 Å². The highest BCUT2D eigenvalue weighted by Crippen LogP contribution is 2.45. The first kappa shape index (κ1) is 22.8. The van der Waals surface area contributed by atoms with Crippen molar-refractivity contribution in [3.63, 3.8) is 0 Å². The Morgan fingerprint density at radius 2 is 1.86 bits per heavy atom. The first-order valence-corrected chi connectivity index (χ1v) is 11.7. The summed E-state index contributed by atoms with van der Waals surface area (Å²) in [5.41, 5.74) is 4.21. The molecule has 7 nitrogen and oxygen atoms in total. The number of hydrogen-bond acceptors (Lipinski definition) is 4. The molecule has 2 aromatic heterocycles. The van der Waals surface area contributed by atoms with Gasteiger partial charge in [0, 0.05) is 67.9 Å². The molecule has 4 aromatic rings. The summed E-state index contributed by atoms with van der Waals surface area (Å²) in [5, 5.41) is 4.13. The van der Waals surface area contributed by atoms with Gasteiger partial charge in [-0.3, -0.25) is 14.6 Å². The molecule has 0 fully saturated rings. The van der Waals surface area contributed by atoms with E-state index >= 15 is 0 Å². The van der Waals surface area contributed by atoms with E-state index < -0.39 is 12.0 Å². The predicted octanol–water partition coefficient (Wildman–Crippen LogP) is 3.82. The highest BCUT2D eigenvalue weighted by molar-refractivity contribution is 6.02. The van der Waals surface area contributed by atoms with E-state index in [1.807, 2.05) is 55.7 Å². The predicted molar refractivity (Wildman–Crippen MR) is 134 cm³/mol. The Hall–Kier alpha value is -3.97. The number of para-hydroxylation sites is 1. The quantitative estimate of drug-likeness (QED) is 0.447. The summed E-state index contributed by atoms with van der Waals surface area (Å²) in [4.78, 5) is 33.5. The molecule has 178 valence electrons. The Morgan fingerprint density at radius 1 is 1.06 bits per heavy atom. The molecular formula is C28H28N4O3. The molecule has 0 bridgehead atoms. The number of hydrogen-bond donors (Lipinski definition) is 1. The van der Waals surface area contributed by atoms with E-state index in [4.69, 9.17) is 4.74 Å². The van der Waals surface area contributed by atoms with E-state index in [-0.39, 0.29) is 11.8 Å². The Kier molecular flexibility index (Phi) is 6.33. The minimum Gasteiger partial charge on any atom is -0.383 e. The zero-order valence-electron chi connectivity index (χ0n) is 19.8. The van der Waals surface area contributed by atoms with Gasteiger partial charge in [0.1, 0.15) is 0 Å². The van der Waals surface area contributed by atoms with E-state index in [1.165, 1.54) is 0 Å². The van der Waals surface area contributed by atoms with Crippen LogP contribution in [0.1, 0.15) is 39.0 Å². The van der Waals surface area contributed by atoms with Crippen molar-refractivity contribution in [2.45, 2.75) is 18.5 Å². The van der Waals surface area contributed by atoms with Gasteiger partial charge in [0.25, 0.3) is 5.91 Å². The van der Waals surface area contributed by atoms with Crippen LogP contribution in [-0.4, -0.2) is 46.5 Å². The number of nitrogens with zero attached hydrogens (tertiary/aromatic N) is 3. The molecular weight excluding hydrogens is 440 g/mol. The molecule has 2 unspecified atom stereocenters. The molecule has 0 saturated carbocycles. The summed E-state index contributed by atoms with van der Waals surface area (Å²) in [6, 6.07) is 18.8. The summed E-state index contributed by atoms with van der Waals surface area (Å²) >= 11 is 0. The van der Waals surface area contributed by atoms with Gasteiger partial charge in [-0.1, -0.05) is 42.5 Å². The number of aryl methyl sites for hydroxylation is 1. The number of fused-ring (bicyclic) bond motifs is 2. The van der Waals surface area contributed by atoms with Crippen LogP contribution < -0.4 is 5.32 Å². The van der Waals surface area contributed by atoms with Gasteiger partial charge in [0.05, 0.1) is 18.6 Å². The standard InChI is InChI=1S/C28H28N4O3/c1-31-18-23(20-9-5-6-12-24(20)31)26-25(27(33)30-17-19-8-7-13-29-16-19)21-10-3-4-11-22(21)28(34)32(26)14-15-35-2/h3-13,16,18,25-26H,14-15,17H2,1-2H3,(H,30,33). The van der Waals surface area contributed by atoms with E-state index in [0.717, 1.165) is 27.6 Å². The van der Waals surface area contributed by atoms with Crippen LogP contribution in [0.5, 0.6) is 0 Å². The lowest BCUT2D eigenvalue weighted by Crippen LogP contribution is -2.48. The molecule has 2 atom stereocenters. The van der Waals surface area contributed by atoms with Gasteiger partial charge < -0.3 is 19.5 Å². The summed E-state index contributed by atoms with van der Waals surface area (Å²) in [6.45, 7) is 1.11.